The Labute approximate surface area is 101 Å². The molecule has 0 aliphatic rings. The van der Waals surface area contributed by atoms with E-state index in [4.69, 9.17) is 16.9 Å². The summed E-state index contributed by atoms with van der Waals surface area (Å²) in [6.07, 6.45) is 0. The van der Waals surface area contributed by atoms with Crippen molar-refractivity contribution in [3.8, 4) is 6.07 Å². The van der Waals surface area contributed by atoms with E-state index >= 15 is 0 Å². The Morgan fingerprint density at radius 2 is 2.18 bits per heavy atom. The maximum atomic E-state index is 13.2. The zero-order chi connectivity index (χ0) is 12.8. The van der Waals surface area contributed by atoms with E-state index in [9.17, 15) is 13.6 Å². The van der Waals surface area contributed by atoms with E-state index in [0.717, 1.165) is 6.07 Å². The molecular formula is C10H8ClF2N3O. The smallest absolute Gasteiger partial charge is 0.240 e. The van der Waals surface area contributed by atoms with Gasteiger partial charge in [0.05, 0.1) is 23.3 Å². The Balaban J connectivity index is 2.64. The Bertz CT molecular complexity index is 450. The number of carbonyl (C=O) groups excluding carboxylic acids is 1. The molecule has 0 fully saturated rings. The summed E-state index contributed by atoms with van der Waals surface area (Å²) < 4.78 is 25.9. The van der Waals surface area contributed by atoms with E-state index in [-0.39, 0.29) is 23.8 Å². The van der Waals surface area contributed by atoms with Crippen LogP contribution in [-0.4, -0.2) is 19.0 Å². The van der Waals surface area contributed by atoms with E-state index in [0.29, 0.717) is 6.07 Å². The van der Waals surface area contributed by atoms with Gasteiger partial charge in [-0.2, -0.15) is 5.26 Å². The maximum absolute atomic E-state index is 13.2. The molecule has 0 unspecified atom stereocenters. The van der Waals surface area contributed by atoms with Crippen molar-refractivity contribution in [1.29, 1.82) is 5.26 Å². The summed E-state index contributed by atoms with van der Waals surface area (Å²) in [5, 5.41) is 12.7. The Kier molecular flexibility index (Phi) is 4.67. The molecule has 1 aromatic rings. The van der Waals surface area contributed by atoms with Crippen LogP contribution in [0.5, 0.6) is 0 Å². The van der Waals surface area contributed by atoms with Crippen LogP contribution in [0, 0.1) is 23.0 Å². The zero-order valence-electron chi connectivity index (χ0n) is 8.56. The fourth-order valence-corrected chi connectivity index (χ4v) is 1.34. The first kappa shape index (κ1) is 13.2. The minimum atomic E-state index is -0.886. The lowest BCUT2D eigenvalue weighted by molar-refractivity contribution is -0.119. The summed E-state index contributed by atoms with van der Waals surface area (Å²) in [6, 6.07) is 3.30. The summed E-state index contributed by atoms with van der Waals surface area (Å²) >= 11 is 5.60. The molecule has 0 saturated carbocycles. The van der Waals surface area contributed by atoms with Crippen molar-refractivity contribution in [2.45, 2.75) is 0 Å². The van der Waals surface area contributed by atoms with Gasteiger partial charge in [-0.25, -0.2) is 8.78 Å². The SMILES string of the molecule is N#CCNC(=O)CNc1c(F)cc(F)cc1Cl. The number of nitrogens with one attached hydrogen (secondary N) is 2. The van der Waals surface area contributed by atoms with Gasteiger partial charge in [-0.1, -0.05) is 11.6 Å². The molecule has 2 N–H and O–H groups in total. The highest BCUT2D eigenvalue weighted by molar-refractivity contribution is 6.33. The fraction of sp³-hybridized carbons (Fsp3) is 0.200. The van der Waals surface area contributed by atoms with Crippen LogP contribution < -0.4 is 10.6 Å². The monoisotopic (exact) mass is 259 g/mol. The molecule has 1 amide bonds. The van der Waals surface area contributed by atoms with Crippen molar-refractivity contribution in [3.05, 3.63) is 28.8 Å². The van der Waals surface area contributed by atoms with Gasteiger partial charge in [0.15, 0.2) is 5.82 Å². The molecule has 1 rings (SSSR count). The third kappa shape index (κ3) is 3.89. The van der Waals surface area contributed by atoms with Crippen LogP contribution in [0.15, 0.2) is 12.1 Å². The van der Waals surface area contributed by atoms with Crippen LogP contribution in [0.25, 0.3) is 0 Å². The standard InChI is InChI=1S/C10H8ClF2N3O/c11-7-3-6(12)4-8(13)10(7)16-5-9(17)15-2-1-14/h3-4,16H,2,5H2,(H,15,17). The number of rotatable bonds is 4. The molecule has 0 heterocycles. The van der Waals surface area contributed by atoms with Crippen molar-refractivity contribution in [2.24, 2.45) is 0 Å². The summed E-state index contributed by atoms with van der Waals surface area (Å²) in [5.41, 5.74) is -0.153. The van der Waals surface area contributed by atoms with Gasteiger partial charge in [0.25, 0.3) is 0 Å². The number of hydrogen-bond donors (Lipinski definition) is 2. The molecule has 0 bridgehead atoms. The number of carbonyl (C=O) groups is 1. The predicted octanol–water partition coefficient (Wildman–Crippen LogP) is 1.67. The first-order chi connectivity index (χ1) is 8.04. The van der Waals surface area contributed by atoms with Crippen LogP contribution in [0.1, 0.15) is 0 Å². The zero-order valence-corrected chi connectivity index (χ0v) is 9.31. The molecule has 0 atom stereocenters. The van der Waals surface area contributed by atoms with Crippen molar-refractivity contribution in [2.75, 3.05) is 18.4 Å². The molecule has 0 spiro atoms. The normalized spacial score (nSPS) is 9.53. The number of nitriles is 1. The molecule has 0 aliphatic carbocycles. The highest BCUT2D eigenvalue weighted by Crippen LogP contribution is 2.25. The van der Waals surface area contributed by atoms with Crippen LogP contribution in [0.2, 0.25) is 5.02 Å². The van der Waals surface area contributed by atoms with Gasteiger partial charge in [-0.3, -0.25) is 4.79 Å². The average Bonchev–Trinajstić information content (AvgIpc) is 2.24. The van der Waals surface area contributed by atoms with Gasteiger partial charge in [-0.15, -0.1) is 0 Å². The second-order valence-corrected chi connectivity index (χ2v) is 3.44. The Hall–Kier alpha value is -1.87. The molecule has 17 heavy (non-hydrogen) atoms. The highest BCUT2D eigenvalue weighted by Gasteiger charge is 2.10. The Morgan fingerprint density at radius 3 is 2.76 bits per heavy atom. The molecule has 0 radical (unpaired) electrons. The topological polar surface area (TPSA) is 64.9 Å². The summed E-state index contributed by atoms with van der Waals surface area (Å²) in [5.74, 6) is -2.18. The number of anilines is 1. The van der Waals surface area contributed by atoms with Gasteiger partial charge in [-0.05, 0) is 6.07 Å². The molecule has 0 saturated heterocycles. The van der Waals surface area contributed by atoms with E-state index in [1.807, 2.05) is 0 Å². The van der Waals surface area contributed by atoms with Gasteiger partial charge < -0.3 is 10.6 Å². The lowest BCUT2D eigenvalue weighted by Gasteiger charge is -2.09. The maximum Gasteiger partial charge on any atom is 0.240 e. The van der Waals surface area contributed by atoms with Gasteiger partial charge in [0, 0.05) is 6.07 Å². The number of nitrogens with zero attached hydrogens (tertiary/aromatic N) is 1. The molecular weight excluding hydrogens is 252 g/mol. The van der Waals surface area contributed by atoms with Crippen LogP contribution in [0.3, 0.4) is 0 Å². The number of halogens is 3. The van der Waals surface area contributed by atoms with Crippen molar-refractivity contribution in [3.63, 3.8) is 0 Å². The number of hydrogen-bond acceptors (Lipinski definition) is 3. The molecule has 1 aromatic carbocycles. The highest BCUT2D eigenvalue weighted by atomic mass is 35.5. The lowest BCUT2D eigenvalue weighted by atomic mass is 10.3. The summed E-state index contributed by atoms with van der Waals surface area (Å²) in [7, 11) is 0. The molecule has 4 nitrogen and oxygen atoms in total. The van der Waals surface area contributed by atoms with E-state index in [2.05, 4.69) is 10.6 Å². The summed E-state index contributed by atoms with van der Waals surface area (Å²) in [4.78, 5) is 11.1. The second kappa shape index (κ2) is 6.01. The third-order valence-corrected chi connectivity index (χ3v) is 2.10. The minimum absolute atomic E-state index is 0.139. The Morgan fingerprint density at radius 1 is 1.47 bits per heavy atom. The second-order valence-electron chi connectivity index (χ2n) is 3.03. The van der Waals surface area contributed by atoms with Crippen LogP contribution in [0.4, 0.5) is 14.5 Å². The summed E-state index contributed by atoms with van der Waals surface area (Å²) in [6.45, 7) is -0.399. The molecule has 90 valence electrons. The minimum Gasteiger partial charge on any atom is -0.373 e. The lowest BCUT2D eigenvalue weighted by Crippen LogP contribution is -2.30. The molecule has 0 aromatic heterocycles. The third-order valence-electron chi connectivity index (χ3n) is 1.80. The van der Waals surface area contributed by atoms with E-state index in [1.54, 1.807) is 6.07 Å². The quantitative estimate of drug-likeness (QED) is 0.809. The first-order valence-corrected chi connectivity index (χ1v) is 4.94. The van der Waals surface area contributed by atoms with E-state index in [1.165, 1.54) is 0 Å². The van der Waals surface area contributed by atoms with Crippen LogP contribution in [-0.2, 0) is 4.79 Å². The van der Waals surface area contributed by atoms with Crippen LogP contribution >= 0.6 is 11.6 Å². The van der Waals surface area contributed by atoms with Crippen molar-refractivity contribution in [1.82, 2.24) is 5.32 Å². The first-order valence-electron chi connectivity index (χ1n) is 4.56. The predicted molar refractivity (Wildman–Crippen MR) is 58.5 cm³/mol. The van der Waals surface area contributed by atoms with Gasteiger partial charge >= 0.3 is 0 Å². The van der Waals surface area contributed by atoms with Gasteiger partial charge in [0.1, 0.15) is 12.4 Å². The number of benzene rings is 1. The molecule has 0 aliphatic heterocycles. The number of amides is 1. The van der Waals surface area contributed by atoms with Gasteiger partial charge in [0.2, 0.25) is 5.91 Å². The van der Waals surface area contributed by atoms with Crippen molar-refractivity contribution >= 4 is 23.2 Å². The van der Waals surface area contributed by atoms with E-state index < -0.39 is 17.5 Å². The average molecular weight is 260 g/mol. The van der Waals surface area contributed by atoms with Crippen molar-refractivity contribution < 1.29 is 13.6 Å². The molecule has 7 heteroatoms. The fourth-order valence-electron chi connectivity index (χ4n) is 1.08. The largest absolute Gasteiger partial charge is 0.373 e.